The molecule has 0 bridgehead atoms. The quantitative estimate of drug-likeness (QED) is 0.770. The molecule has 2 heterocycles. The van der Waals surface area contributed by atoms with Gasteiger partial charge in [0.2, 0.25) is 15.9 Å². The Bertz CT molecular complexity index is 1040. The number of nitrogens with one attached hydrogen (secondary N) is 2. The Labute approximate surface area is 168 Å². The Morgan fingerprint density at radius 3 is 2.79 bits per heavy atom. The van der Waals surface area contributed by atoms with Gasteiger partial charge in [-0.2, -0.15) is 4.31 Å². The minimum absolute atomic E-state index is 0.0183. The van der Waals surface area contributed by atoms with Gasteiger partial charge >= 0.3 is 0 Å². The molecule has 0 spiro atoms. The molecule has 0 aliphatic carbocycles. The molecular formula is C20H21N3O5S. The average Bonchev–Trinajstić information content (AvgIpc) is 3.23. The summed E-state index contributed by atoms with van der Waals surface area (Å²) in [6.07, 6.45) is 1.07. The Hall–Kier alpha value is -2.91. The van der Waals surface area contributed by atoms with Gasteiger partial charge in [-0.1, -0.05) is 30.3 Å². The molecule has 1 saturated heterocycles. The highest BCUT2D eigenvalue weighted by Crippen LogP contribution is 2.33. The van der Waals surface area contributed by atoms with Crippen molar-refractivity contribution in [1.82, 2.24) is 9.62 Å². The topological polar surface area (TPSA) is 105 Å². The molecule has 1 fully saturated rings. The van der Waals surface area contributed by atoms with E-state index < -0.39 is 16.1 Å². The fourth-order valence-electron chi connectivity index (χ4n) is 3.55. The third-order valence-corrected chi connectivity index (χ3v) is 6.91. The zero-order valence-corrected chi connectivity index (χ0v) is 16.4. The van der Waals surface area contributed by atoms with E-state index in [9.17, 15) is 18.0 Å². The van der Waals surface area contributed by atoms with E-state index in [-0.39, 0.29) is 29.9 Å². The summed E-state index contributed by atoms with van der Waals surface area (Å²) >= 11 is 0. The molecule has 2 aliphatic heterocycles. The van der Waals surface area contributed by atoms with Crippen LogP contribution in [0.1, 0.15) is 18.4 Å². The number of carbonyl (C=O) groups excluding carboxylic acids is 2. The number of ether oxygens (including phenoxy) is 1. The maximum Gasteiger partial charge on any atom is 0.262 e. The lowest BCUT2D eigenvalue weighted by atomic mass is 10.2. The van der Waals surface area contributed by atoms with Crippen molar-refractivity contribution in [2.75, 3.05) is 18.5 Å². The lowest BCUT2D eigenvalue weighted by Gasteiger charge is -2.24. The summed E-state index contributed by atoms with van der Waals surface area (Å²) in [5.41, 5.74) is 1.25. The lowest BCUT2D eigenvalue weighted by Crippen LogP contribution is -2.45. The number of anilines is 1. The number of nitrogens with zero attached hydrogens (tertiary/aromatic N) is 1. The van der Waals surface area contributed by atoms with Gasteiger partial charge in [0.25, 0.3) is 5.91 Å². The summed E-state index contributed by atoms with van der Waals surface area (Å²) in [6.45, 7) is 0.507. The van der Waals surface area contributed by atoms with E-state index in [0.717, 1.165) is 5.56 Å². The minimum Gasteiger partial charge on any atom is -0.482 e. The van der Waals surface area contributed by atoms with Gasteiger partial charge in [-0.3, -0.25) is 9.59 Å². The van der Waals surface area contributed by atoms with Gasteiger partial charge < -0.3 is 15.4 Å². The van der Waals surface area contributed by atoms with Crippen LogP contribution in [0.3, 0.4) is 0 Å². The molecule has 2 aromatic carbocycles. The van der Waals surface area contributed by atoms with Crippen molar-refractivity contribution in [3.63, 3.8) is 0 Å². The summed E-state index contributed by atoms with van der Waals surface area (Å²) in [7, 11) is -3.90. The molecular weight excluding hydrogens is 394 g/mol. The number of amides is 2. The van der Waals surface area contributed by atoms with Gasteiger partial charge in [0.05, 0.1) is 10.6 Å². The summed E-state index contributed by atoms with van der Waals surface area (Å²) in [6, 6.07) is 13.0. The van der Waals surface area contributed by atoms with E-state index in [0.29, 0.717) is 30.8 Å². The van der Waals surface area contributed by atoms with E-state index in [1.165, 1.54) is 22.5 Å². The first kappa shape index (κ1) is 19.4. The van der Waals surface area contributed by atoms with Crippen LogP contribution in [-0.2, 0) is 26.2 Å². The van der Waals surface area contributed by atoms with Crippen LogP contribution in [0.5, 0.6) is 5.75 Å². The van der Waals surface area contributed by atoms with Crippen LogP contribution in [0.4, 0.5) is 5.69 Å². The van der Waals surface area contributed by atoms with Crippen molar-refractivity contribution >= 4 is 27.5 Å². The highest BCUT2D eigenvalue weighted by Gasteiger charge is 2.39. The molecule has 0 aromatic heterocycles. The lowest BCUT2D eigenvalue weighted by molar-refractivity contribution is -0.124. The minimum atomic E-state index is -3.90. The van der Waals surface area contributed by atoms with Gasteiger partial charge in [0, 0.05) is 13.1 Å². The van der Waals surface area contributed by atoms with Gasteiger partial charge in [-0.05, 0) is 36.6 Å². The van der Waals surface area contributed by atoms with Crippen LogP contribution in [0.25, 0.3) is 0 Å². The largest absolute Gasteiger partial charge is 0.482 e. The first-order chi connectivity index (χ1) is 13.9. The standard InChI is InChI=1S/C20H21N3O5S/c24-19-13-28-18-9-8-15(11-16(18)22-19)29(26,27)23-10-4-7-17(23)20(25)21-12-14-5-2-1-3-6-14/h1-3,5-6,8-9,11,17H,4,7,10,12-13H2,(H,21,25)(H,22,24). The molecule has 2 aliphatic rings. The Morgan fingerprint density at radius 1 is 1.21 bits per heavy atom. The van der Waals surface area contributed by atoms with Crippen molar-refractivity contribution in [3.05, 3.63) is 54.1 Å². The van der Waals surface area contributed by atoms with Crippen LogP contribution in [-0.4, -0.2) is 43.7 Å². The van der Waals surface area contributed by atoms with E-state index in [2.05, 4.69) is 10.6 Å². The smallest absolute Gasteiger partial charge is 0.262 e. The molecule has 1 atom stereocenters. The van der Waals surface area contributed by atoms with Crippen molar-refractivity contribution in [1.29, 1.82) is 0 Å². The summed E-state index contributed by atoms with van der Waals surface area (Å²) in [5.74, 6) is -0.238. The van der Waals surface area contributed by atoms with E-state index in [1.54, 1.807) is 0 Å². The van der Waals surface area contributed by atoms with Gasteiger partial charge in [0.15, 0.2) is 6.61 Å². The van der Waals surface area contributed by atoms with Gasteiger partial charge in [-0.25, -0.2) is 8.42 Å². The molecule has 4 rings (SSSR count). The molecule has 8 nitrogen and oxygen atoms in total. The van der Waals surface area contributed by atoms with Crippen molar-refractivity contribution in [3.8, 4) is 5.75 Å². The molecule has 152 valence electrons. The number of rotatable bonds is 5. The van der Waals surface area contributed by atoms with Crippen molar-refractivity contribution in [2.45, 2.75) is 30.3 Å². The normalized spacial score (nSPS) is 19.2. The number of sulfonamides is 1. The zero-order chi connectivity index (χ0) is 20.4. The second kappa shape index (κ2) is 7.84. The second-order valence-corrected chi connectivity index (χ2v) is 8.86. The van der Waals surface area contributed by atoms with E-state index >= 15 is 0 Å². The zero-order valence-electron chi connectivity index (χ0n) is 15.6. The SMILES string of the molecule is O=C1COc2ccc(S(=O)(=O)N3CCCC3C(=O)NCc3ccccc3)cc2N1. The first-order valence-corrected chi connectivity index (χ1v) is 10.8. The number of hydrogen-bond donors (Lipinski definition) is 2. The van der Waals surface area contributed by atoms with Crippen LogP contribution in [0.2, 0.25) is 0 Å². The molecule has 0 saturated carbocycles. The van der Waals surface area contributed by atoms with Crippen LogP contribution in [0.15, 0.2) is 53.4 Å². The summed E-state index contributed by atoms with van der Waals surface area (Å²) in [5, 5.41) is 5.44. The Kier molecular flexibility index (Phi) is 5.25. The van der Waals surface area contributed by atoms with Crippen LogP contribution in [0, 0.1) is 0 Å². The number of fused-ring (bicyclic) bond motifs is 1. The first-order valence-electron chi connectivity index (χ1n) is 9.35. The predicted molar refractivity (Wildman–Crippen MR) is 106 cm³/mol. The number of carbonyl (C=O) groups is 2. The van der Waals surface area contributed by atoms with Crippen LogP contribution >= 0.6 is 0 Å². The average molecular weight is 415 g/mol. The molecule has 2 N–H and O–H groups in total. The van der Waals surface area contributed by atoms with Gasteiger partial charge in [0.1, 0.15) is 11.8 Å². The maximum atomic E-state index is 13.2. The fraction of sp³-hybridized carbons (Fsp3) is 0.300. The Balaban J connectivity index is 1.52. The summed E-state index contributed by atoms with van der Waals surface area (Å²) < 4.78 is 32.9. The predicted octanol–water partition coefficient (Wildman–Crippen LogP) is 1.49. The van der Waals surface area contributed by atoms with Crippen LogP contribution < -0.4 is 15.4 Å². The van der Waals surface area contributed by atoms with E-state index in [4.69, 9.17) is 4.74 Å². The second-order valence-electron chi connectivity index (χ2n) is 6.97. The number of benzene rings is 2. The van der Waals surface area contributed by atoms with Crippen molar-refractivity contribution < 1.29 is 22.7 Å². The van der Waals surface area contributed by atoms with Crippen molar-refractivity contribution in [2.24, 2.45) is 0 Å². The highest BCUT2D eigenvalue weighted by atomic mass is 32.2. The molecule has 1 unspecified atom stereocenters. The molecule has 29 heavy (non-hydrogen) atoms. The van der Waals surface area contributed by atoms with Gasteiger partial charge in [-0.15, -0.1) is 0 Å². The maximum absolute atomic E-state index is 13.2. The third kappa shape index (κ3) is 3.96. The number of hydrogen-bond acceptors (Lipinski definition) is 5. The monoisotopic (exact) mass is 415 g/mol. The van der Waals surface area contributed by atoms with E-state index in [1.807, 2.05) is 30.3 Å². The fourth-order valence-corrected chi connectivity index (χ4v) is 5.23. The molecule has 0 radical (unpaired) electrons. The molecule has 9 heteroatoms. The molecule has 2 aromatic rings. The third-order valence-electron chi connectivity index (χ3n) is 5.01. The highest BCUT2D eigenvalue weighted by molar-refractivity contribution is 7.89. The Morgan fingerprint density at radius 2 is 2.00 bits per heavy atom. The summed E-state index contributed by atoms with van der Waals surface area (Å²) in [4.78, 5) is 24.2. The molecule has 2 amide bonds.